The number of hydrogen-bond acceptors (Lipinski definition) is 5. The van der Waals surface area contributed by atoms with E-state index in [4.69, 9.17) is 9.47 Å². The SMILES string of the molecule is COC(=O)c1c(OC)cc(-c2ccc3c(c2)ncn3C2CCCCC2)c2nc[nH]c12. The molecular weight excluding hydrogens is 380 g/mol. The Morgan fingerprint density at radius 3 is 2.73 bits per heavy atom. The maximum Gasteiger partial charge on any atom is 0.343 e. The van der Waals surface area contributed by atoms with Gasteiger partial charge in [0.1, 0.15) is 11.3 Å². The zero-order valence-corrected chi connectivity index (χ0v) is 17.1. The first kappa shape index (κ1) is 18.7. The number of carbonyl (C=O) groups is 1. The minimum atomic E-state index is -0.464. The molecule has 1 N–H and O–H groups in total. The van der Waals surface area contributed by atoms with Crippen LogP contribution in [0.4, 0.5) is 0 Å². The summed E-state index contributed by atoms with van der Waals surface area (Å²) in [5.74, 6) is -0.0178. The molecule has 0 bridgehead atoms. The predicted molar refractivity (Wildman–Crippen MR) is 115 cm³/mol. The van der Waals surface area contributed by atoms with Gasteiger partial charge in [0.2, 0.25) is 0 Å². The average Bonchev–Trinajstić information content (AvgIpc) is 3.45. The van der Waals surface area contributed by atoms with Crippen LogP contribution < -0.4 is 4.74 Å². The second-order valence-electron chi connectivity index (χ2n) is 7.77. The Bertz CT molecular complexity index is 1230. The normalized spacial score (nSPS) is 15.0. The summed E-state index contributed by atoms with van der Waals surface area (Å²) in [6.07, 6.45) is 9.88. The lowest BCUT2D eigenvalue weighted by Gasteiger charge is -2.23. The van der Waals surface area contributed by atoms with Crippen molar-refractivity contribution in [3.63, 3.8) is 0 Å². The maximum atomic E-state index is 12.3. The van der Waals surface area contributed by atoms with E-state index in [1.807, 2.05) is 12.4 Å². The molecule has 7 heteroatoms. The van der Waals surface area contributed by atoms with E-state index in [2.05, 4.69) is 37.7 Å². The van der Waals surface area contributed by atoms with E-state index in [1.165, 1.54) is 39.2 Å². The van der Waals surface area contributed by atoms with Crippen LogP contribution in [0.25, 0.3) is 33.2 Å². The van der Waals surface area contributed by atoms with Crippen LogP contribution in [0.5, 0.6) is 5.75 Å². The van der Waals surface area contributed by atoms with Gasteiger partial charge in [0, 0.05) is 11.6 Å². The van der Waals surface area contributed by atoms with Crippen molar-refractivity contribution in [3.8, 4) is 16.9 Å². The van der Waals surface area contributed by atoms with E-state index in [0.29, 0.717) is 28.4 Å². The van der Waals surface area contributed by atoms with Gasteiger partial charge in [-0.3, -0.25) is 0 Å². The van der Waals surface area contributed by atoms with E-state index in [1.54, 1.807) is 13.4 Å². The van der Waals surface area contributed by atoms with E-state index in [9.17, 15) is 4.79 Å². The first-order valence-electron chi connectivity index (χ1n) is 10.3. The molecule has 4 aromatic rings. The number of carbonyl (C=O) groups excluding carboxylic acids is 1. The predicted octanol–water partition coefficient (Wildman–Crippen LogP) is 4.88. The van der Waals surface area contributed by atoms with Crippen LogP contribution in [0.2, 0.25) is 0 Å². The molecule has 0 atom stereocenters. The fourth-order valence-electron chi connectivity index (χ4n) is 4.62. The molecule has 1 aliphatic carbocycles. The molecule has 1 fully saturated rings. The number of nitrogens with zero attached hydrogens (tertiary/aromatic N) is 3. The zero-order chi connectivity index (χ0) is 20.7. The van der Waals surface area contributed by atoms with Gasteiger partial charge in [0.05, 0.1) is 48.9 Å². The fraction of sp³-hybridized carbons (Fsp3) is 0.348. The topological polar surface area (TPSA) is 82.0 Å². The molecule has 0 radical (unpaired) electrons. The first-order valence-corrected chi connectivity index (χ1v) is 10.3. The molecule has 1 saturated carbocycles. The van der Waals surface area contributed by atoms with E-state index < -0.39 is 5.97 Å². The minimum Gasteiger partial charge on any atom is -0.496 e. The van der Waals surface area contributed by atoms with Gasteiger partial charge in [-0.2, -0.15) is 0 Å². The van der Waals surface area contributed by atoms with Crippen LogP contribution in [-0.2, 0) is 4.74 Å². The molecule has 154 valence electrons. The highest BCUT2D eigenvalue weighted by atomic mass is 16.5. The molecule has 5 rings (SSSR count). The third-order valence-electron chi connectivity index (χ3n) is 6.13. The summed E-state index contributed by atoms with van der Waals surface area (Å²) in [5, 5.41) is 0. The number of benzene rings is 2. The highest BCUT2D eigenvalue weighted by Crippen LogP contribution is 2.37. The molecule has 2 aromatic carbocycles. The number of ether oxygens (including phenoxy) is 2. The number of fused-ring (bicyclic) bond motifs is 2. The highest BCUT2D eigenvalue weighted by Gasteiger charge is 2.23. The third kappa shape index (κ3) is 2.93. The number of aromatic amines is 1. The van der Waals surface area contributed by atoms with Crippen molar-refractivity contribution < 1.29 is 14.3 Å². The molecule has 7 nitrogen and oxygen atoms in total. The summed E-state index contributed by atoms with van der Waals surface area (Å²) in [4.78, 5) is 24.5. The number of esters is 1. The van der Waals surface area contributed by atoms with Crippen LogP contribution in [0.15, 0.2) is 36.9 Å². The summed E-state index contributed by atoms with van der Waals surface area (Å²) in [6.45, 7) is 0. The first-order chi connectivity index (χ1) is 14.7. The molecule has 0 spiro atoms. The number of nitrogens with one attached hydrogen (secondary N) is 1. The van der Waals surface area contributed by atoms with Gasteiger partial charge in [-0.1, -0.05) is 25.3 Å². The number of imidazole rings is 2. The second kappa shape index (κ2) is 7.48. The van der Waals surface area contributed by atoms with E-state index >= 15 is 0 Å². The number of H-pyrrole nitrogens is 1. The fourth-order valence-corrected chi connectivity index (χ4v) is 4.62. The van der Waals surface area contributed by atoms with Gasteiger partial charge < -0.3 is 19.0 Å². The monoisotopic (exact) mass is 404 g/mol. The molecular formula is C23H24N4O3. The zero-order valence-electron chi connectivity index (χ0n) is 17.1. The van der Waals surface area contributed by atoms with Crippen LogP contribution in [-0.4, -0.2) is 39.7 Å². The summed E-state index contributed by atoms with van der Waals surface area (Å²) in [7, 11) is 2.90. The molecule has 2 aromatic heterocycles. The van der Waals surface area contributed by atoms with Crippen molar-refractivity contribution in [1.29, 1.82) is 0 Å². The summed E-state index contributed by atoms with van der Waals surface area (Å²) in [6, 6.07) is 8.67. The van der Waals surface area contributed by atoms with Crippen LogP contribution in [0.3, 0.4) is 0 Å². The lowest BCUT2D eigenvalue weighted by atomic mass is 9.95. The van der Waals surface area contributed by atoms with Gasteiger partial charge in [-0.15, -0.1) is 0 Å². The molecule has 0 saturated heterocycles. The average molecular weight is 404 g/mol. The van der Waals surface area contributed by atoms with Gasteiger partial charge in [-0.05, 0) is 36.6 Å². The van der Waals surface area contributed by atoms with Crippen LogP contribution >= 0.6 is 0 Å². The largest absolute Gasteiger partial charge is 0.496 e. The highest BCUT2D eigenvalue weighted by molar-refractivity contribution is 6.09. The Hall–Kier alpha value is -3.35. The molecule has 0 aliphatic heterocycles. The van der Waals surface area contributed by atoms with Gasteiger partial charge in [-0.25, -0.2) is 14.8 Å². The number of hydrogen-bond donors (Lipinski definition) is 1. The number of aromatic nitrogens is 4. The van der Waals surface area contributed by atoms with E-state index in [-0.39, 0.29) is 0 Å². The Balaban J connectivity index is 1.63. The van der Waals surface area contributed by atoms with E-state index in [0.717, 1.165) is 22.2 Å². The molecule has 1 aliphatic rings. The third-order valence-corrected chi connectivity index (χ3v) is 6.13. The van der Waals surface area contributed by atoms with Gasteiger partial charge >= 0.3 is 5.97 Å². The summed E-state index contributed by atoms with van der Waals surface area (Å²) >= 11 is 0. The Kier molecular flexibility index (Phi) is 4.65. The lowest BCUT2D eigenvalue weighted by Crippen LogP contribution is -2.11. The van der Waals surface area contributed by atoms with Crippen molar-refractivity contribution in [2.45, 2.75) is 38.1 Å². The molecule has 0 unspecified atom stereocenters. The van der Waals surface area contributed by atoms with Crippen molar-refractivity contribution in [2.75, 3.05) is 14.2 Å². The smallest absolute Gasteiger partial charge is 0.343 e. The van der Waals surface area contributed by atoms with Crippen LogP contribution in [0.1, 0.15) is 48.5 Å². The molecule has 2 heterocycles. The number of rotatable bonds is 4. The standard InChI is InChI=1S/C23H24N4O3/c1-29-19-11-16(21-22(25-12-24-21)20(19)23(28)30-2)14-8-9-18-17(10-14)26-13-27(18)15-6-4-3-5-7-15/h8-13,15H,3-7H2,1-2H3,(H,24,25). The lowest BCUT2D eigenvalue weighted by molar-refractivity contribution is 0.0599. The Labute approximate surface area is 174 Å². The minimum absolute atomic E-state index is 0.346. The quantitative estimate of drug-likeness (QED) is 0.490. The van der Waals surface area contributed by atoms with Gasteiger partial charge in [0.25, 0.3) is 0 Å². The number of methoxy groups -OCH3 is 2. The second-order valence-corrected chi connectivity index (χ2v) is 7.77. The summed E-state index contributed by atoms with van der Waals surface area (Å²) in [5.41, 5.74) is 5.61. The molecule has 0 amide bonds. The Morgan fingerprint density at radius 1 is 1.13 bits per heavy atom. The molecule has 30 heavy (non-hydrogen) atoms. The van der Waals surface area contributed by atoms with Crippen molar-refractivity contribution in [2.24, 2.45) is 0 Å². The maximum absolute atomic E-state index is 12.3. The van der Waals surface area contributed by atoms with Crippen molar-refractivity contribution in [3.05, 3.63) is 42.5 Å². The van der Waals surface area contributed by atoms with Crippen LogP contribution in [0, 0.1) is 0 Å². The Morgan fingerprint density at radius 2 is 1.97 bits per heavy atom. The van der Waals surface area contributed by atoms with Gasteiger partial charge in [0.15, 0.2) is 0 Å². The van der Waals surface area contributed by atoms with Crippen molar-refractivity contribution >= 4 is 28.0 Å². The summed E-state index contributed by atoms with van der Waals surface area (Å²) < 4.78 is 12.8. The van der Waals surface area contributed by atoms with Crippen molar-refractivity contribution in [1.82, 2.24) is 19.5 Å².